The summed E-state index contributed by atoms with van der Waals surface area (Å²) in [5, 5.41) is 0. The van der Waals surface area contributed by atoms with Crippen LogP contribution in [0.3, 0.4) is 0 Å². The van der Waals surface area contributed by atoms with Gasteiger partial charge in [-0.1, -0.05) is 6.07 Å². The minimum absolute atomic E-state index is 0.0210. The molecule has 0 aliphatic rings. The molecule has 110 valence electrons. The molecule has 3 nitrogen and oxygen atoms in total. The lowest BCUT2D eigenvalue weighted by atomic mass is 9.97. The van der Waals surface area contributed by atoms with Gasteiger partial charge in [0, 0.05) is 11.8 Å². The number of ketones is 1. The Morgan fingerprint density at radius 1 is 1.05 bits per heavy atom. The zero-order chi connectivity index (χ0) is 15.8. The fourth-order valence-corrected chi connectivity index (χ4v) is 2.83. The molecule has 0 unspecified atom stereocenters. The van der Waals surface area contributed by atoms with Gasteiger partial charge in [-0.3, -0.25) is 4.79 Å². The van der Waals surface area contributed by atoms with Crippen LogP contribution in [0.2, 0.25) is 0 Å². The fourth-order valence-electron chi connectivity index (χ4n) is 2.20. The molecule has 2 aromatic rings. The number of aryl methyl sites for hydroxylation is 2. The van der Waals surface area contributed by atoms with Crippen LogP contribution < -0.4 is 0 Å². The molecular formula is C16H15FO3S. The molecular weight excluding hydrogens is 291 g/mol. The van der Waals surface area contributed by atoms with Crippen molar-refractivity contribution < 1.29 is 17.6 Å². The molecule has 0 aromatic heterocycles. The average molecular weight is 306 g/mol. The van der Waals surface area contributed by atoms with Crippen molar-refractivity contribution in [3.8, 4) is 0 Å². The Balaban J connectivity index is 2.46. The number of halogens is 1. The van der Waals surface area contributed by atoms with Crippen LogP contribution in [-0.2, 0) is 9.84 Å². The highest BCUT2D eigenvalue weighted by Gasteiger charge is 2.18. The van der Waals surface area contributed by atoms with Crippen molar-refractivity contribution in [2.75, 3.05) is 6.26 Å². The zero-order valence-electron chi connectivity index (χ0n) is 12.0. The second kappa shape index (κ2) is 5.41. The van der Waals surface area contributed by atoms with E-state index in [2.05, 4.69) is 0 Å². The standard InChI is InChI=1S/C16H15FO3S/c1-10-8-11(2)15(14(17)9-10)16(18)12-4-6-13(7-5-12)21(3,19)20/h4-9H,1-3H3. The molecule has 0 saturated carbocycles. The summed E-state index contributed by atoms with van der Waals surface area (Å²) in [6.07, 6.45) is 1.09. The van der Waals surface area contributed by atoms with Crippen LogP contribution >= 0.6 is 0 Å². The summed E-state index contributed by atoms with van der Waals surface area (Å²) < 4.78 is 36.8. The van der Waals surface area contributed by atoms with E-state index in [1.165, 1.54) is 30.3 Å². The number of hydrogen-bond donors (Lipinski definition) is 0. The first-order valence-corrected chi connectivity index (χ1v) is 8.21. The lowest BCUT2D eigenvalue weighted by molar-refractivity contribution is 0.103. The topological polar surface area (TPSA) is 51.2 Å². The molecule has 0 fully saturated rings. The number of carbonyl (C=O) groups is 1. The third-order valence-corrected chi connectivity index (χ3v) is 4.33. The number of hydrogen-bond acceptors (Lipinski definition) is 3. The molecule has 0 saturated heterocycles. The Bertz CT molecular complexity index is 783. The molecule has 5 heteroatoms. The van der Waals surface area contributed by atoms with Crippen LogP contribution in [0.15, 0.2) is 41.3 Å². The maximum Gasteiger partial charge on any atom is 0.196 e. The SMILES string of the molecule is Cc1cc(C)c(C(=O)c2ccc(S(C)(=O)=O)cc2)c(F)c1. The number of carbonyl (C=O) groups excluding carboxylic acids is 1. The average Bonchev–Trinajstić information content (AvgIpc) is 2.36. The first kappa shape index (κ1) is 15.4. The lowest BCUT2D eigenvalue weighted by Gasteiger charge is -2.08. The van der Waals surface area contributed by atoms with Gasteiger partial charge in [0.1, 0.15) is 5.82 Å². The van der Waals surface area contributed by atoms with Crippen LogP contribution in [0.25, 0.3) is 0 Å². The summed E-state index contributed by atoms with van der Waals surface area (Å²) in [4.78, 5) is 12.5. The van der Waals surface area contributed by atoms with Crippen molar-refractivity contribution >= 4 is 15.6 Å². The molecule has 0 N–H and O–H groups in total. The molecule has 2 aromatic carbocycles. The van der Waals surface area contributed by atoms with Crippen molar-refractivity contribution in [3.05, 3.63) is 64.5 Å². The van der Waals surface area contributed by atoms with E-state index in [1.807, 2.05) is 0 Å². The van der Waals surface area contributed by atoms with Gasteiger partial charge in [-0.25, -0.2) is 12.8 Å². The summed E-state index contributed by atoms with van der Waals surface area (Å²) in [5.41, 5.74) is 1.58. The minimum Gasteiger partial charge on any atom is -0.288 e. The predicted molar refractivity (Wildman–Crippen MR) is 78.9 cm³/mol. The van der Waals surface area contributed by atoms with Crippen molar-refractivity contribution in [1.29, 1.82) is 0 Å². The largest absolute Gasteiger partial charge is 0.288 e. The molecule has 0 aliphatic heterocycles. The van der Waals surface area contributed by atoms with E-state index < -0.39 is 21.4 Å². The van der Waals surface area contributed by atoms with Gasteiger partial charge >= 0.3 is 0 Å². The van der Waals surface area contributed by atoms with Gasteiger partial charge in [-0.2, -0.15) is 0 Å². The summed E-state index contributed by atoms with van der Waals surface area (Å²) in [6.45, 7) is 3.43. The Kier molecular flexibility index (Phi) is 3.96. The number of rotatable bonds is 3. The second-order valence-electron chi connectivity index (χ2n) is 5.06. The van der Waals surface area contributed by atoms with E-state index in [1.54, 1.807) is 19.9 Å². The molecule has 0 atom stereocenters. The Morgan fingerprint density at radius 2 is 1.62 bits per heavy atom. The summed E-state index contributed by atoms with van der Waals surface area (Å²) in [6, 6.07) is 8.55. The van der Waals surface area contributed by atoms with Gasteiger partial charge < -0.3 is 0 Å². The van der Waals surface area contributed by atoms with E-state index in [0.717, 1.165) is 11.8 Å². The highest BCUT2D eigenvalue weighted by Crippen LogP contribution is 2.20. The van der Waals surface area contributed by atoms with Crippen LogP contribution in [0, 0.1) is 19.7 Å². The normalized spacial score (nSPS) is 11.4. The first-order chi connectivity index (χ1) is 9.70. The van der Waals surface area contributed by atoms with Crippen LogP contribution in [-0.4, -0.2) is 20.5 Å². The van der Waals surface area contributed by atoms with E-state index in [0.29, 0.717) is 5.56 Å². The summed E-state index contributed by atoms with van der Waals surface area (Å²) in [5.74, 6) is -1.02. The Morgan fingerprint density at radius 3 is 2.10 bits per heavy atom. The molecule has 0 spiro atoms. The van der Waals surface area contributed by atoms with Gasteiger partial charge in [-0.15, -0.1) is 0 Å². The first-order valence-electron chi connectivity index (χ1n) is 6.31. The van der Waals surface area contributed by atoms with Gasteiger partial charge in [0.05, 0.1) is 10.5 Å². The zero-order valence-corrected chi connectivity index (χ0v) is 12.8. The van der Waals surface area contributed by atoms with Gasteiger partial charge in [-0.05, 0) is 55.3 Å². The third-order valence-electron chi connectivity index (χ3n) is 3.20. The Labute approximate surface area is 123 Å². The van der Waals surface area contributed by atoms with Crippen molar-refractivity contribution in [2.45, 2.75) is 18.7 Å². The van der Waals surface area contributed by atoms with Gasteiger partial charge in [0.25, 0.3) is 0 Å². The van der Waals surface area contributed by atoms with Crippen LogP contribution in [0.1, 0.15) is 27.0 Å². The molecule has 0 radical (unpaired) electrons. The van der Waals surface area contributed by atoms with Crippen LogP contribution in [0.4, 0.5) is 4.39 Å². The molecule has 2 rings (SSSR count). The monoisotopic (exact) mass is 306 g/mol. The maximum atomic E-state index is 14.0. The Hall–Kier alpha value is -2.01. The lowest BCUT2D eigenvalue weighted by Crippen LogP contribution is -2.08. The van der Waals surface area contributed by atoms with Gasteiger partial charge in [0.2, 0.25) is 0 Å². The van der Waals surface area contributed by atoms with Crippen molar-refractivity contribution in [2.24, 2.45) is 0 Å². The van der Waals surface area contributed by atoms with Crippen molar-refractivity contribution in [1.82, 2.24) is 0 Å². The van der Waals surface area contributed by atoms with E-state index in [-0.39, 0.29) is 16.0 Å². The third kappa shape index (κ3) is 3.19. The van der Waals surface area contributed by atoms with E-state index in [9.17, 15) is 17.6 Å². The molecule has 21 heavy (non-hydrogen) atoms. The predicted octanol–water partition coefficient (Wildman–Crippen LogP) is 3.08. The second-order valence-corrected chi connectivity index (χ2v) is 7.08. The molecule has 0 bridgehead atoms. The highest BCUT2D eigenvalue weighted by atomic mass is 32.2. The van der Waals surface area contributed by atoms with Crippen LogP contribution in [0.5, 0.6) is 0 Å². The van der Waals surface area contributed by atoms with Gasteiger partial charge in [0.15, 0.2) is 15.6 Å². The van der Waals surface area contributed by atoms with E-state index in [4.69, 9.17) is 0 Å². The molecule has 0 aliphatic carbocycles. The minimum atomic E-state index is -3.32. The highest BCUT2D eigenvalue weighted by molar-refractivity contribution is 7.90. The van der Waals surface area contributed by atoms with Crippen molar-refractivity contribution in [3.63, 3.8) is 0 Å². The number of benzene rings is 2. The number of sulfone groups is 1. The fraction of sp³-hybridized carbons (Fsp3) is 0.188. The maximum absolute atomic E-state index is 14.0. The summed E-state index contributed by atoms with van der Waals surface area (Å²) in [7, 11) is -3.32. The molecule has 0 amide bonds. The smallest absolute Gasteiger partial charge is 0.196 e. The quantitative estimate of drug-likeness (QED) is 0.819. The summed E-state index contributed by atoms with van der Waals surface area (Å²) >= 11 is 0. The van der Waals surface area contributed by atoms with E-state index >= 15 is 0 Å². The molecule has 0 heterocycles.